The van der Waals surface area contributed by atoms with Crippen molar-refractivity contribution in [2.75, 3.05) is 13.2 Å². The smallest absolute Gasteiger partial charge is 0.249 e. The molecule has 0 aliphatic carbocycles. The predicted molar refractivity (Wildman–Crippen MR) is 64.1 cm³/mol. The van der Waals surface area contributed by atoms with E-state index < -0.39 is 0 Å². The van der Waals surface area contributed by atoms with E-state index in [1.54, 1.807) is 0 Å². The quantitative estimate of drug-likeness (QED) is 0.743. The molecule has 1 saturated heterocycles. The van der Waals surface area contributed by atoms with Gasteiger partial charge in [0.15, 0.2) is 0 Å². The van der Waals surface area contributed by atoms with Crippen LogP contribution in [-0.2, 0) is 9.53 Å². The molecule has 0 bridgehead atoms. The molecule has 94 valence electrons. The Morgan fingerprint density at radius 2 is 2.12 bits per heavy atom. The SMILES string of the molecule is CCC(N)(CC)COC1CCCCNC1=O. The number of hydrogen-bond acceptors (Lipinski definition) is 3. The number of nitrogens with one attached hydrogen (secondary N) is 1. The summed E-state index contributed by atoms with van der Waals surface area (Å²) in [6, 6.07) is 0. The largest absolute Gasteiger partial charge is 0.366 e. The molecule has 0 radical (unpaired) electrons. The fraction of sp³-hybridized carbons (Fsp3) is 0.917. The summed E-state index contributed by atoms with van der Waals surface area (Å²) in [5, 5.41) is 2.86. The lowest BCUT2D eigenvalue weighted by Crippen LogP contribution is -2.46. The number of nitrogens with two attached hydrogens (primary N) is 1. The van der Waals surface area contributed by atoms with Gasteiger partial charge in [-0.2, -0.15) is 0 Å². The van der Waals surface area contributed by atoms with Crippen LogP contribution in [-0.4, -0.2) is 30.7 Å². The maximum atomic E-state index is 11.6. The van der Waals surface area contributed by atoms with E-state index in [1.165, 1.54) is 0 Å². The van der Waals surface area contributed by atoms with Gasteiger partial charge in [0.25, 0.3) is 0 Å². The number of amides is 1. The highest BCUT2D eigenvalue weighted by molar-refractivity contribution is 5.80. The van der Waals surface area contributed by atoms with Crippen molar-refractivity contribution in [2.24, 2.45) is 5.73 Å². The van der Waals surface area contributed by atoms with E-state index in [1.807, 2.05) is 0 Å². The van der Waals surface area contributed by atoms with Gasteiger partial charge in [-0.3, -0.25) is 4.79 Å². The molecular weight excluding hydrogens is 204 g/mol. The molecule has 1 unspecified atom stereocenters. The topological polar surface area (TPSA) is 64.3 Å². The van der Waals surface area contributed by atoms with Gasteiger partial charge >= 0.3 is 0 Å². The molecule has 1 amide bonds. The molecule has 3 N–H and O–H groups in total. The molecule has 1 aliphatic heterocycles. The highest BCUT2D eigenvalue weighted by Crippen LogP contribution is 2.15. The number of carbonyl (C=O) groups excluding carboxylic acids is 1. The zero-order valence-electron chi connectivity index (χ0n) is 10.4. The van der Waals surface area contributed by atoms with Crippen molar-refractivity contribution in [1.29, 1.82) is 0 Å². The Morgan fingerprint density at radius 1 is 1.44 bits per heavy atom. The first-order valence-electron chi connectivity index (χ1n) is 6.29. The molecule has 0 aromatic rings. The minimum absolute atomic E-state index is 0.0204. The van der Waals surface area contributed by atoms with Gasteiger partial charge < -0.3 is 15.8 Å². The summed E-state index contributed by atoms with van der Waals surface area (Å²) in [6.45, 7) is 5.35. The normalized spacial score (nSPS) is 22.7. The van der Waals surface area contributed by atoms with Crippen molar-refractivity contribution in [2.45, 2.75) is 57.6 Å². The molecule has 1 fully saturated rings. The lowest BCUT2D eigenvalue weighted by Gasteiger charge is -2.28. The summed E-state index contributed by atoms with van der Waals surface area (Å²) in [7, 11) is 0. The average molecular weight is 228 g/mol. The summed E-state index contributed by atoms with van der Waals surface area (Å²) in [5.41, 5.74) is 5.86. The lowest BCUT2D eigenvalue weighted by molar-refractivity contribution is -0.133. The second-order valence-electron chi connectivity index (χ2n) is 4.66. The fourth-order valence-electron chi connectivity index (χ4n) is 1.79. The number of carbonyl (C=O) groups is 1. The Balaban J connectivity index is 2.43. The molecule has 1 heterocycles. The van der Waals surface area contributed by atoms with Crippen LogP contribution < -0.4 is 11.1 Å². The Morgan fingerprint density at radius 3 is 2.75 bits per heavy atom. The van der Waals surface area contributed by atoms with Crippen LogP contribution in [0.15, 0.2) is 0 Å². The third kappa shape index (κ3) is 3.76. The summed E-state index contributed by atoms with van der Waals surface area (Å²) in [4.78, 5) is 11.6. The Bertz CT molecular complexity index is 227. The Labute approximate surface area is 97.9 Å². The van der Waals surface area contributed by atoms with E-state index in [0.717, 1.165) is 38.6 Å². The highest BCUT2D eigenvalue weighted by Gasteiger charge is 2.26. The number of hydrogen-bond donors (Lipinski definition) is 2. The van der Waals surface area contributed by atoms with Crippen LogP contribution in [0.25, 0.3) is 0 Å². The molecule has 1 rings (SSSR count). The van der Waals surface area contributed by atoms with Gasteiger partial charge in [-0.1, -0.05) is 13.8 Å². The first kappa shape index (κ1) is 13.5. The Hall–Kier alpha value is -0.610. The highest BCUT2D eigenvalue weighted by atomic mass is 16.5. The maximum Gasteiger partial charge on any atom is 0.249 e. The van der Waals surface area contributed by atoms with E-state index in [2.05, 4.69) is 19.2 Å². The monoisotopic (exact) mass is 228 g/mol. The Kier molecular flexibility index (Phi) is 5.22. The molecule has 0 aromatic heterocycles. The van der Waals surface area contributed by atoms with Gasteiger partial charge in [0, 0.05) is 12.1 Å². The minimum atomic E-state index is -0.302. The minimum Gasteiger partial charge on any atom is -0.366 e. The van der Waals surface area contributed by atoms with Crippen LogP contribution in [0.4, 0.5) is 0 Å². The van der Waals surface area contributed by atoms with E-state index in [0.29, 0.717) is 6.61 Å². The van der Waals surface area contributed by atoms with Crippen LogP contribution in [0.2, 0.25) is 0 Å². The van der Waals surface area contributed by atoms with Crippen LogP contribution in [0, 0.1) is 0 Å². The first-order chi connectivity index (χ1) is 7.61. The van der Waals surface area contributed by atoms with Crippen molar-refractivity contribution in [1.82, 2.24) is 5.32 Å². The van der Waals surface area contributed by atoms with E-state index in [4.69, 9.17) is 10.5 Å². The van der Waals surface area contributed by atoms with Crippen LogP contribution >= 0.6 is 0 Å². The number of rotatable bonds is 5. The second kappa shape index (κ2) is 6.21. The van der Waals surface area contributed by atoms with Gasteiger partial charge in [0.05, 0.1) is 6.61 Å². The van der Waals surface area contributed by atoms with E-state index in [-0.39, 0.29) is 17.6 Å². The predicted octanol–water partition coefficient (Wildman–Crippen LogP) is 1.19. The van der Waals surface area contributed by atoms with Crippen molar-refractivity contribution in [3.63, 3.8) is 0 Å². The number of ether oxygens (including phenoxy) is 1. The molecule has 4 nitrogen and oxygen atoms in total. The third-order valence-electron chi connectivity index (χ3n) is 3.46. The molecule has 1 aliphatic rings. The van der Waals surface area contributed by atoms with Crippen molar-refractivity contribution >= 4 is 5.91 Å². The second-order valence-corrected chi connectivity index (χ2v) is 4.66. The van der Waals surface area contributed by atoms with Gasteiger partial charge in [-0.15, -0.1) is 0 Å². The summed E-state index contributed by atoms with van der Waals surface area (Å²) in [5.74, 6) is 0.0204. The van der Waals surface area contributed by atoms with Gasteiger partial charge in [0.2, 0.25) is 5.91 Å². The zero-order chi connectivity index (χ0) is 12.0. The average Bonchev–Trinajstić information content (AvgIpc) is 2.51. The zero-order valence-corrected chi connectivity index (χ0v) is 10.4. The van der Waals surface area contributed by atoms with Crippen molar-refractivity contribution in [3.05, 3.63) is 0 Å². The molecule has 16 heavy (non-hydrogen) atoms. The van der Waals surface area contributed by atoms with Crippen LogP contribution in [0.5, 0.6) is 0 Å². The fourth-order valence-corrected chi connectivity index (χ4v) is 1.79. The summed E-state index contributed by atoms with van der Waals surface area (Å²) < 4.78 is 5.69. The lowest BCUT2D eigenvalue weighted by atomic mass is 9.95. The molecular formula is C12H24N2O2. The molecule has 1 atom stereocenters. The van der Waals surface area contributed by atoms with Crippen molar-refractivity contribution < 1.29 is 9.53 Å². The maximum absolute atomic E-state index is 11.6. The molecule has 0 aromatic carbocycles. The summed E-state index contributed by atoms with van der Waals surface area (Å²) in [6.07, 6.45) is 4.34. The standard InChI is InChI=1S/C12H24N2O2/c1-3-12(13,4-2)9-16-10-7-5-6-8-14-11(10)15/h10H,3-9,13H2,1-2H3,(H,14,15). The van der Waals surface area contributed by atoms with Gasteiger partial charge in [-0.05, 0) is 32.1 Å². The molecule has 0 spiro atoms. The van der Waals surface area contributed by atoms with Gasteiger partial charge in [-0.25, -0.2) is 0 Å². The molecule has 0 saturated carbocycles. The van der Waals surface area contributed by atoms with Gasteiger partial charge in [0.1, 0.15) is 6.10 Å². The van der Waals surface area contributed by atoms with Crippen LogP contribution in [0.1, 0.15) is 46.0 Å². The van der Waals surface area contributed by atoms with E-state index >= 15 is 0 Å². The third-order valence-corrected chi connectivity index (χ3v) is 3.46. The molecule has 4 heteroatoms. The first-order valence-corrected chi connectivity index (χ1v) is 6.29. The summed E-state index contributed by atoms with van der Waals surface area (Å²) >= 11 is 0. The van der Waals surface area contributed by atoms with Crippen LogP contribution in [0.3, 0.4) is 0 Å². The van der Waals surface area contributed by atoms with Crippen molar-refractivity contribution in [3.8, 4) is 0 Å². The van der Waals surface area contributed by atoms with E-state index in [9.17, 15) is 4.79 Å².